The molecule has 0 aliphatic heterocycles. The second-order valence-corrected chi connectivity index (χ2v) is 7.98. The van der Waals surface area contributed by atoms with E-state index < -0.39 is 0 Å². The first-order valence-electron chi connectivity index (χ1n) is 9.48. The molecule has 2 aromatic rings. The number of rotatable bonds is 4. The van der Waals surface area contributed by atoms with Crippen LogP contribution in [0.2, 0.25) is 0 Å². The van der Waals surface area contributed by atoms with Gasteiger partial charge in [-0.25, -0.2) is 0 Å². The quantitative estimate of drug-likeness (QED) is 0.515. The summed E-state index contributed by atoms with van der Waals surface area (Å²) in [5.41, 5.74) is 3.15. The molecule has 1 saturated carbocycles. The zero-order chi connectivity index (χ0) is 17.5. The molecular weight excluding hydrogens is 370 g/mol. The van der Waals surface area contributed by atoms with Gasteiger partial charge >= 0.3 is 0 Å². The summed E-state index contributed by atoms with van der Waals surface area (Å²) in [5, 5.41) is 0. The summed E-state index contributed by atoms with van der Waals surface area (Å²) in [5.74, 6) is 8.35. The molecule has 25 heavy (non-hydrogen) atoms. The fourth-order valence-electron chi connectivity index (χ4n) is 3.53. The molecule has 1 fully saturated rings. The van der Waals surface area contributed by atoms with Gasteiger partial charge in [-0.2, -0.15) is 0 Å². The third-order valence-electron chi connectivity index (χ3n) is 5.14. The zero-order valence-electron chi connectivity index (χ0n) is 15.0. The molecule has 1 aromatic carbocycles. The number of nitrogens with zero attached hydrogens (tertiary/aromatic N) is 1. The van der Waals surface area contributed by atoms with E-state index in [4.69, 9.17) is 0 Å². The highest BCUT2D eigenvalue weighted by atomic mass is 79.9. The van der Waals surface area contributed by atoms with Crippen molar-refractivity contribution in [3.63, 3.8) is 0 Å². The molecule has 1 aliphatic rings. The first kappa shape index (κ1) is 18.2. The average molecular weight is 396 g/mol. The Kier molecular flexibility index (Phi) is 6.70. The van der Waals surface area contributed by atoms with Crippen LogP contribution in [-0.4, -0.2) is 4.98 Å². The number of hydrogen-bond donors (Lipinski definition) is 0. The van der Waals surface area contributed by atoms with Gasteiger partial charge in [0.05, 0.1) is 5.69 Å². The second-order valence-electron chi connectivity index (χ2n) is 7.07. The Morgan fingerprint density at radius 1 is 1.04 bits per heavy atom. The second kappa shape index (κ2) is 9.20. The predicted octanol–water partition coefficient (Wildman–Crippen LogP) is 6.86. The van der Waals surface area contributed by atoms with Gasteiger partial charge in [0.2, 0.25) is 0 Å². The van der Waals surface area contributed by atoms with Crippen LogP contribution in [0.5, 0.6) is 0 Å². The van der Waals surface area contributed by atoms with Crippen LogP contribution in [0.25, 0.3) is 11.3 Å². The van der Waals surface area contributed by atoms with Gasteiger partial charge in [0, 0.05) is 27.7 Å². The molecule has 2 heteroatoms. The van der Waals surface area contributed by atoms with Gasteiger partial charge in [-0.05, 0) is 55.9 Å². The molecule has 130 valence electrons. The summed E-state index contributed by atoms with van der Waals surface area (Å²) in [6.45, 7) is 2.28. The van der Waals surface area contributed by atoms with E-state index in [1.165, 1.54) is 44.9 Å². The largest absolute Gasteiger partial charge is 0.255 e. The molecule has 3 rings (SSSR count). The standard InChI is InChI=1S/C23H26BrN/c1-2-3-4-18-5-7-19(8-6-18)9-10-20-11-16-23(25-17-20)21-12-14-22(24)15-13-21/h11-19H,2-8H2,1H3. The highest BCUT2D eigenvalue weighted by Gasteiger charge is 2.19. The fraction of sp³-hybridized carbons (Fsp3) is 0.435. The Balaban J connectivity index is 1.56. The molecule has 0 unspecified atom stereocenters. The average Bonchev–Trinajstić information content (AvgIpc) is 2.67. The smallest absolute Gasteiger partial charge is 0.0702 e. The maximum Gasteiger partial charge on any atom is 0.0702 e. The van der Waals surface area contributed by atoms with Crippen LogP contribution in [-0.2, 0) is 0 Å². The number of aromatic nitrogens is 1. The lowest BCUT2D eigenvalue weighted by atomic mass is 9.80. The molecule has 0 saturated heterocycles. The summed E-state index contributed by atoms with van der Waals surface area (Å²) in [4.78, 5) is 4.57. The van der Waals surface area contributed by atoms with Crippen molar-refractivity contribution < 1.29 is 0 Å². The van der Waals surface area contributed by atoms with E-state index in [1.807, 2.05) is 18.3 Å². The highest BCUT2D eigenvalue weighted by Crippen LogP contribution is 2.31. The summed E-state index contributed by atoms with van der Waals surface area (Å²) < 4.78 is 1.09. The Morgan fingerprint density at radius 2 is 1.80 bits per heavy atom. The lowest BCUT2D eigenvalue weighted by Gasteiger charge is -2.25. The Hall–Kier alpha value is -1.59. The van der Waals surface area contributed by atoms with Crippen LogP contribution >= 0.6 is 15.9 Å². The number of hydrogen-bond acceptors (Lipinski definition) is 1. The highest BCUT2D eigenvalue weighted by molar-refractivity contribution is 9.10. The first-order chi connectivity index (χ1) is 12.2. The van der Waals surface area contributed by atoms with E-state index >= 15 is 0 Å². The maximum absolute atomic E-state index is 4.57. The Labute approximate surface area is 160 Å². The summed E-state index contributed by atoms with van der Waals surface area (Å²) in [7, 11) is 0. The van der Waals surface area contributed by atoms with Gasteiger partial charge in [-0.15, -0.1) is 0 Å². The molecule has 0 bridgehead atoms. The van der Waals surface area contributed by atoms with Crippen molar-refractivity contribution in [1.82, 2.24) is 4.98 Å². The fourth-order valence-corrected chi connectivity index (χ4v) is 3.80. The Morgan fingerprint density at radius 3 is 2.44 bits per heavy atom. The molecule has 1 aromatic heterocycles. The zero-order valence-corrected chi connectivity index (χ0v) is 16.6. The summed E-state index contributed by atoms with van der Waals surface area (Å²) >= 11 is 3.47. The molecule has 0 amide bonds. The van der Waals surface area contributed by atoms with Crippen molar-refractivity contribution in [3.8, 4) is 23.1 Å². The summed E-state index contributed by atoms with van der Waals surface area (Å²) in [6.07, 6.45) is 11.3. The first-order valence-corrected chi connectivity index (χ1v) is 10.3. The van der Waals surface area contributed by atoms with Crippen molar-refractivity contribution >= 4 is 15.9 Å². The van der Waals surface area contributed by atoms with E-state index in [2.05, 4.69) is 63.9 Å². The number of pyridine rings is 1. The minimum absolute atomic E-state index is 0.573. The maximum atomic E-state index is 4.57. The van der Waals surface area contributed by atoms with Crippen LogP contribution in [0, 0.1) is 23.7 Å². The van der Waals surface area contributed by atoms with Gasteiger partial charge in [-0.1, -0.05) is 66.1 Å². The van der Waals surface area contributed by atoms with Crippen molar-refractivity contribution in [2.75, 3.05) is 0 Å². The van der Waals surface area contributed by atoms with Crippen LogP contribution in [0.4, 0.5) is 0 Å². The molecule has 1 aliphatic carbocycles. The van der Waals surface area contributed by atoms with E-state index in [1.54, 1.807) is 0 Å². The SMILES string of the molecule is CCCCC1CCC(C#Cc2ccc(-c3ccc(Br)cc3)nc2)CC1. The van der Waals surface area contributed by atoms with Gasteiger partial charge < -0.3 is 0 Å². The normalized spacial score (nSPS) is 19.9. The van der Waals surface area contributed by atoms with E-state index in [0.717, 1.165) is 27.2 Å². The lowest BCUT2D eigenvalue weighted by Crippen LogP contribution is -2.13. The molecule has 0 N–H and O–H groups in total. The molecular formula is C23H26BrN. The Bertz CT molecular complexity index is 713. The lowest BCUT2D eigenvalue weighted by molar-refractivity contribution is 0.296. The minimum atomic E-state index is 0.573. The van der Waals surface area contributed by atoms with E-state index in [0.29, 0.717) is 5.92 Å². The topological polar surface area (TPSA) is 12.9 Å². The van der Waals surface area contributed by atoms with Gasteiger partial charge in [0.15, 0.2) is 0 Å². The van der Waals surface area contributed by atoms with Gasteiger partial charge in [-0.3, -0.25) is 4.98 Å². The molecule has 1 nitrogen and oxygen atoms in total. The van der Waals surface area contributed by atoms with Gasteiger partial charge in [0.25, 0.3) is 0 Å². The molecule has 0 spiro atoms. The van der Waals surface area contributed by atoms with Crippen molar-refractivity contribution in [2.45, 2.75) is 51.9 Å². The minimum Gasteiger partial charge on any atom is -0.255 e. The van der Waals surface area contributed by atoms with Crippen LogP contribution in [0.15, 0.2) is 47.1 Å². The van der Waals surface area contributed by atoms with Crippen LogP contribution in [0.3, 0.4) is 0 Å². The molecule has 1 heterocycles. The monoisotopic (exact) mass is 395 g/mol. The van der Waals surface area contributed by atoms with Crippen molar-refractivity contribution in [1.29, 1.82) is 0 Å². The number of halogens is 1. The van der Waals surface area contributed by atoms with Crippen molar-refractivity contribution in [2.24, 2.45) is 11.8 Å². The van der Waals surface area contributed by atoms with Gasteiger partial charge in [0.1, 0.15) is 0 Å². The third kappa shape index (κ3) is 5.44. The predicted molar refractivity (Wildman–Crippen MR) is 109 cm³/mol. The molecule has 0 radical (unpaired) electrons. The molecule has 0 atom stereocenters. The number of benzene rings is 1. The third-order valence-corrected chi connectivity index (χ3v) is 5.67. The number of unbranched alkanes of at least 4 members (excludes halogenated alkanes) is 1. The van der Waals surface area contributed by atoms with E-state index in [9.17, 15) is 0 Å². The van der Waals surface area contributed by atoms with Crippen LogP contribution < -0.4 is 0 Å². The summed E-state index contributed by atoms with van der Waals surface area (Å²) in [6, 6.07) is 12.4. The van der Waals surface area contributed by atoms with Crippen LogP contribution in [0.1, 0.15) is 57.4 Å². The van der Waals surface area contributed by atoms with Crippen molar-refractivity contribution in [3.05, 3.63) is 52.6 Å². The van der Waals surface area contributed by atoms with E-state index in [-0.39, 0.29) is 0 Å².